The van der Waals surface area contributed by atoms with Gasteiger partial charge in [-0.05, 0) is 81.0 Å². The molecule has 0 saturated heterocycles. The van der Waals surface area contributed by atoms with Crippen LogP contribution in [-0.2, 0) is 11.2 Å². The molecule has 29 heavy (non-hydrogen) atoms. The molecule has 1 N–H and O–H groups in total. The number of nitrogens with one attached hydrogen (secondary N) is 1. The van der Waals surface area contributed by atoms with Crippen LogP contribution in [0.3, 0.4) is 0 Å². The second-order valence-corrected chi connectivity index (χ2v) is 7.62. The first-order valence-corrected chi connectivity index (χ1v) is 10.7. The van der Waals surface area contributed by atoms with Gasteiger partial charge < -0.3 is 10.1 Å². The van der Waals surface area contributed by atoms with Gasteiger partial charge in [0.15, 0.2) is 5.16 Å². The molecule has 0 aliphatic rings. The Hall–Kier alpha value is -2.86. The summed E-state index contributed by atoms with van der Waals surface area (Å²) in [5.41, 5.74) is 4.80. The Labute approximate surface area is 175 Å². The second-order valence-electron chi connectivity index (χ2n) is 6.85. The van der Waals surface area contributed by atoms with Crippen molar-refractivity contribution in [1.82, 2.24) is 9.97 Å². The number of carbonyl (C=O) groups is 1. The lowest BCUT2D eigenvalue weighted by Gasteiger charge is -2.11. The molecular formula is C23H25N3O2S. The minimum Gasteiger partial charge on any atom is -0.457 e. The van der Waals surface area contributed by atoms with E-state index >= 15 is 0 Å². The number of thioether (sulfide) groups is 1. The van der Waals surface area contributed by atoms with Crippen molar-refractivity contribution in [3.8, 4) is 11.5 Å². The summed E-state index contributed by atoms with van der Waals surface area (Å²) in [7, 11) is 0. The van der Waals surface area contributed by atoms with Crippen molar-refractivity contribution in [3.63, 3.8) is 0 Å². The SMILES string of the molecule is CSc1nc(C)c(CCC(=O)Nc2ccc(Oc3cccc(C)c3)cc2)c(C)n1. The zero-order chi connectivity index (χ0) is 20.8. The summed E-state index contributed by atoms with van der Waals surface area (Å²) in [4.78, 5) is 21.3. The van der Waals surface area contributed by atoms with E-state index in [0.717, 1.165) is 44.9 Å². The van der Waals surface area contributed by atoms with Gasteiger partial charge in [-0.2, -0.15) is 0 Å². The highest BCUT2D eigenvalue weighted by atomic mass is 32.2. The summed E-state index contributed by atoms with van der Waals surface area (Å²) in [6, 6.07) is 15.3. The van der Waals surface area contributed by atoms with E-state index in [1.807, 2.05) is 75.6 Å². The first kappa shape index (κ1) is 20.9. The molecule has 0 radical (unpaired) electrons. The van der Waals surface area contributed by atoms with Crippen LogP contribution < -0.4 is 10.1 Å². The van der Waals surface area contributed by atoms with Gasteiger partial charge in [-0.25, -0.2) is 9.97 Å². The van der Waals surface area contributed by atoms with Gasteiger partial charge in [0, 0.05) is 23.5 Å². The number of hydrogen-bond donors (Lipinski definition) is 1. The maximum absolute atomic E-state index is 12.4. The van der Waals surface area contributed by atoms with Crippen LogP contribution in [-0.4, -0.2) is 22.1 Å². The average molecular weight is 408 g/mol. The Morgan fingerprint density at radius 1 is 1.00 bits per heavy atom. The summed E-state index contributed by atoms with van der Waals surface area (Å²) in [6.45, 7) is 5.96. The van der Waals surface area contributed by atoms with Crippen LogP contribution >= 0.6 is 11.8 Å². The highest BCUT2D eigenvalue weighted by Crippen LogP contribution is 2.24. The standard InChI is InChI=1S/C23H25N3O2S/c1-15-6-5-7-20(14-15)28-19-10-8-18(9-11-19)26-22(27)13-12-21-16(2)24-23(29-4)25-17(21)3/h5-11,14H,12-13H2,1-4H3,(H,26,27). The smallest absolute Gasteiger partial charge is 0.224 e. The maximum Gasteiger partial charge on any atom is 0.224 e. The van der Waals surface area contributed by atoms with Gasteiger partial charge in [0.05, 0.1) is 0 Å². The van der Waals surface area contributed by atoms with Gasteiger partial charge in [-0.3, -0.25) is 4.79 Å². The molecule has 0 atom stereocenters. The van der Waals surface area contributed by atoms with Crippen molar-refractivity contribution in [2.75, 3.05) is 11.6 Å². The Kier molecular flexibility index (Phi) is 6.88. The van der Waals surface area contributed by atoms with E-state index in [9.17, 15) is 4.79 Å². The molecule has 6 heteroatoms. The lowest BCUT2D eigenvalue weighted by molar-refractivity contribution is -0.116. The molecule has 3 rings (SSSR count). The van der Waals surface area contributed by atoms with Gasteiger partial charge in [0.2, 0.25) is 5.91 Å². The summed E-state index contributed by atoms with van der Waals surface area (Å²) in [5, 5.41) is 3.70. The first-order chi connectivity index (χ1) is 13.9. The van der Waals surface area contributed by atoms with E-state index in [4.69, 9.17) is 4.74 Å². The topological polar surface area (TPSA) is 64.1 Å². The Morgan fingerprint density at radius 3 is 2.31 bits per heavy atom. The number of aryl methyl sites for hydroxylation is 3. The number of aromatic nitrogens is 2. The summed E-state index contributed by atoms with van der Waals surface area (Å²) in [6.07, 6.45) is 2.95. The van der Waals surface area contributed by atoms with Crippen LogP contribution in [0.2, 0.25) is 0 Å². The minimum atomic E-state index is -0.0369. The van der Waals surface area contributed by atoms with E-state index in [-0.39, 0.29) is 5.91 Å². The van der Waals surface area contributed by atoms with Crippen LogP contribution in [0.15, 0.2) is 53.7 Å². The van der Waals surface area contributed by atoms with E-state index < -0.39 is 0 Å². The van der Waals surface area contributed by atoms with Gasteiger partial charge >= 0.3 is 0 Å². The largest absolute Gasteiger partial charge is 0.457 e. The second kappa shape index (κ2) is 9.56. The van der Waals surface area contributed by atoms with Crippen molar-refractivity contribution >= 4 is 23.4 Å². The van der Waals surface area contributed by atoms with Crippen LogP contribution in [0.1, 0.15) is 28.9 Å². The first-order valence-electron chi connectivity index (χ1n) is 9.47. The number of anilines is 1. The molecule has 0 unspecified atom stereocenters. The minimum absolute atomic E-state index is 0.0369. The van der Waals surface area contributed by atoms with Crippen LogP contribution in [0.4, 0.5) is 5.69 Å². The van der Waals surface area contributed by atoms with Gasteiger partial charge in [0.25, 0.3) is 0 Å². The third kappa shape index (κ3) is 5.81. The summed E-state index contributed by atoms with van der Waals surface area (Å²) < 4.78 is 5.84. The van der Waals surface area contributed by atoms with Crippen LogP contribution in [0.5, 0.6) is 11.5 Å². The highest BCUT2D eigenvalue weighted by molar-refractivity contribution is 7.98. The number of benzene rings is 2. The average Bonchev–Trinajstić information content (AvgIpc) is 2.68. The Bertz CT molecular complexity index is 980. The zero-order valence-electron chi connectivity index (χ0n) is 17.2. The van der Waals surface area contributed by atoms with E-state index in [0.29, 0.717) is 12.8 Å². The molecule has 1 heterocycles. The number of rotatable bonds is 7. The molecule has 150 valence electrons. The van der Waals surface area contributed by atoms with E-state index in [1.54, 1.807) is 0 Å². The normalized spacial score (nSPS) is 10.6. The molecule has 0 aliphatic carbocycles. The molecule has 1 aromatic heterocycles. The predicted octanol–water partition coefficient (Wildman–Crippen LogP) is 5.49. The van der Waals surface area contributed by atoms with E-state index in [2.05, 4.69) is 15.3 Å². The van der Waals surface area contributed by atoms with Gasteiger partial charge in [0.1, 0.15) is 11.5 Å². The summed E-state index contributed by atoms with van der Waals surface area (Å²) in [5.74, 6) is 1.48. The van der Waals surface area contributed by atoms with Crippen LogP contribution in [0.25, 0.3) is 0 Å². The van der Waals surface area contributed by atoms with Gasteiger partial charge in [-0.15, -0.1) is 0 Å². The fourth-order valence-electron chi connectivity index (χ4n) is 3.05. The van der Waals surface area contributed by atoms with Crippen molar-refractivity contribution in [1.29, 1.82) is 0 Å². The van der Waals surface area contributed by atoms with Gasteiger partial charge in [-0.1, -0.05) is 23.9 Å². The Morgan fingerprint density at radius 2 is 1.69 bits per heavy atom. The van der Waals surface area contributed by atoms with E-state index in [1.165, 1.54) is 11.8 Å². The molecule has 0 bridgehead atoms. The predicted molar refractivity (Wildman–Crippen MR) is 118 cm³/mol. The molecule has 0 aliphatic heterocycles. The van der Waals surface area contributed by atoms with Crippen LogP contribution in [0, 0.1) is 20.8 Å². The molecule has 1 amide bonds. The third-order valence-electron chi connectivity index (χ3n) is 4.55. The third-order valence-corrected chi connectivity index (χ3v) is 5.10. The fourth-order valence-corrected chi connectivity index (χ4v) is 3.50. The molecule has 0 fully saturated rings. The van der Waals surface area contributed by atoms with Crippen molar-refractivity contribution in [3.05, 3.63) is 71.0 Å². The monoisotopic (exact) mass is 407 g/mol. The molecule has 0 saturated carbocycles. The van der Waals surface area contributed by atoms with Crippen molar-refractivity contribution < 1.29 is 9.53 Å². The lowest BCUT2D eigenvalue weighted by Crippen LogP contribution is -2.13. The number of nitrogens with zero attached hydrogens (tertiary/aromatic N) is 2. The number of ether oxygens (including phenoxy) is 1. The molecular weight excluding hydrogens is 382 g/mol. The number of amides is 1. The summed E-state index contributed by atoms with van der Waals surface area (Å²) >= 11 is 1.52. The highest BCUT2D eigenvalue weighted by Gasteiger charge is 2.11. The molecule has 0 spiro atoms. The molecule has 3 aromatic rings. The quantitative estimate of drug-likeness (QED) is 0.415. The maximum atomic E-state index is 12.4. The molecule has 2 aromatic carbocycles. The fraction of sp³-hybridized carbons (Fsp3) is 0.261. The lowest BCUT2D eigenvalue weighted by atomic mass is 10.1. The van der Waals surface area contributed by atoms with Crippen molar-refractivity contribution in [2.24, 2.45) is 0 Å². The number of carbonyl (C=O) groups excluding carboxylic acids is 1. The van der Waals surface area contributed by atoms with Crippen molar-refractivity contribution in [2.45, 2.75) is 38.8 Å². The molecule has 5 nitrogen and oxygen atoms in total. The zero-order valence-corrected chi connectivity index (χ0v) is 18.0. The number of hydrogen-bond acceptors (Lipinski definition) is 5. The Balaban J connectivity index is 1.56.